The zero-order chi connectivity index (χ0) is 14.7. The molecule has 0 bridgehead atoms. The van der Waals surface area contributed by atoms with E-state index < -0.39 is 6.04 Å². The summed E-state index contributed by atoms with van der Waals surface area (Å²) in [6, 6.07) is 19.5. The van der Waals surface area contributed by atoms with Gasteiger partial charge in [-0.25, -0.2) is 4.48 Å². The zero-order valence-electron chi connectivity index (χ0n) is 12.0. The van der Waals surface area contributed by atoms with Gasteiger partial charge in [-0.15, -0.1) is 0 Å². The number of benzene rings is 2. The lowest BCUT2D eigenvalue weighted by atomic mass is 10.0. The number of primary amides is 1. The van der Waals surface area contributed by atoms with Crippen molar-refractivity contribution in [2.45, 2.75) is 6.04 Å². The second kappa shape index (κ2) is 6.60. The van der Waals surface area contributed by atoms with Crippen molar-refractivity contribution in [2.24, 2.45) is 5.73 Å². The largest absolute Gasteiger partial charge is 1.00 e. The maximum absolute atomic E-state index is 12.0. The minimum atomic E-state index is -0.459. The van der Waals surface area contributed by atoms with Gasteiger partial charge < -0.3 is 18.1 Å². The molecule has 1 heterocycles. The molecule has 112 valence electrons. The molecule has 4 heteroatoms. The second-order valence-corrected chi connectivity index (χ2v) is 5.02. The Morgan fingerprint density at radius 2 is 1.36 bits per heavy atom. The van der Waals surface area contributed by atoms with Crippen LogP contribution in [0.4, 0.5) is 11.4 Å². The number of amides is 1. The molecule has 2 aromatic carbocycles. The lowest BCUT2D eigenvalue weighted by molar-refractivity contribution is -0.120. The van der Waals surface area contributed by atoms with Crippen molar-refractivity contribution in [3.8, 4) is 0 Å². The van der Waals surface area contributed by atoms with Crippen molar-refractivity contribution in [1.29, 1.82) is 0 Å². The van der Waals surface area contributed by atoms with Gasteiger partial charge >= 0.3 is 0 Å². The Labute approximate surface area is 136 Å². The molecule has 0 fully saturated rings. The summed E-state index contributed by atoms with van der Waals surface area (Å²) >= 11 is 0. The van der Waals surface area contributed by atoms with Crippen LogP contribution in [0.5, 0.6) is 0 Å². The number of carbonyl (C=O) groups is 1. The Kier molecular flexibility index (Phi) is 4.81. The van der Waals surface area contributed by atoms with Crippen LogP contribution in [0.1, 0.15) is 0 Å². The lowest BCUT2D eigenvalue weighted by Gasteiger charge is -2.39. The monoisotopic (exact) mass is 312 g/mol. The molecule has 1 unspecified atom stereocenters. The molecule has 1 amide bonds. The van der Waals surface area contributed by atoms with E-state index in [1.807, 2.05) is 85.1 Å². The smallest absolute Gasteiger partial charge is 0.281 e. The van der Waals surface area contributed by atoms with E-state index >= 15 is 0 Å². The fourth-order valence-electron chi connectivity index (χ4n) is 2.87. The maximum atomic E-state index is 12.0. The second-order valence-electron chi connectivity index (χ2n) is 5.02. The topological polar surface area (TPSA) is 43.1 Å². The molecule has 22 heavy (non-hydrogen) atoms. The lowest BCUT2D eigenvalue weighted by Crippen LogP contribution is -3.00. The number of allylic oxidation sites excluding steroid dienone is 2. The highest BCUT2D eigenvalue weighted by Gasteiger charge is 2.43. The van der Waals surface area contributed by atoms with Crippen LogP contribution < -0.4 is 22.6 Å². The molecule has 0 radical (unpaired) electrons. The Morgan fingerprint density at radius 1 is 0.864 bits per heavy atom. The fraction of sp³-hybridized carbons (Fsp3) is 0.0556. The first-order valence-electron chi connectivity index (χ1n) is 6.90. The third kappa shape index (κ3) is 2.56. The molecule has 1 aliphatic heterocycles. The SMILES string of the molecule is NC(=O)C1C=CC=C[N+]1(c1ccccc1)c1ccccc1.[Cl-]. The van der Waals surface area contributed by atoms with E-state index in [1.54, 1.807) is 0 Å². The molecule has 1 aliphatic rings. The van der Waals surface area contributed by atoms with E-state index in [-0.39, 0.29) is 22.8 Å². The predicted octanol–water partition coefficient (Wildman–Crippen LogP) is 0.267. The van der Waals surface area contributed by atoms with Crippen LogP contribution in [0, 0.1) is 0 Å². The first-order valence-corrected chi connectivity index (χ1v) is 6.90. The fourth-order valence-corrected chi connectivity index (χ4v) is 2.87. The molecular formula is C18H17ClN2O. The van der Waals surface area contributed by atoms with Gasteiger partial charge in [-0.3, -0.25) is 4.79 Å². The number of quaternary nitrogens is 1. The molecule has 3 nitrogen and oxygen atoms in total. The van der Waals surface area contributed by atoms with E-state index in [2.05, 4.69) is 0 Å². The van der Waals surface area contributed by atoms with Crippen molar-refractivity contribution in [2.75, 3.05) is 0 Å². The Hall–Kier alpha value is -2.36. The highest BCUT2D eigenvalue weighted by atomic mass is 35.5. The van der Waals surface area contributed by atoms with Crippen LogP contribution in [0.25, 0.3) is 0 Å². The summed E-state index contributed by atoms with van der Waals surface area (Å²) < 4.78 is 0.285. The van der Waals surface area contributed by atoms with Gasteiger partial charge in [0.2, 0.25) is 6.04 Å². The molecule has 3 rings (SSSR count). The quantitative estimate of drug-likeness (QED) is 0.812. The van der Waals surface area contributed by atoms with Crippen LogP contribution in [0.3, 0.4) is 0 Å². The Morgan fingerprint density at radius 3 is 1.82 bits per heavy atom. The molecule has 1 atom stereocenters. The highest BCUT2D eigenvalue weighted by molar-refractivity contribution is 5.88. The first-order chi connectivity index (χ1) is 10.2. The molecule has 2 aromatic rings. The van der Waals surface area contributed by atoms with Gasteiger partial charge in [0.05, 0.1) is 0 Å². The van der Waals surface area contributed by atoms with Crippen molar-refractivity contribution in [3.63, 3.8) is 0 Å². The normalized spacial score (nSPS) is 18.5. The summed E-state index contributed by atoms with van der Waals surface area (Å²) in [6.45, 7) is 0. The molecule has 0 saturated carbocycles. The number of nitrogens with zero attached hydrogens (tertiary/aromatic N) is 1. The van der Waals surface area contributed by atoms with Gasteiger partial charge in [0.1, 0.15) is 17.6 Å². The Balaban J connectivity index is 0.00000176. The third-order valence-corrected chi connectivity index (χ3v) is 3.82. The van der Waals surface area contributed by atoms with Crippen molar-refractivity contribution in [3.05, 3.63) is 85.1 Å². The zero-order valence-corrected chi connectivity index (χ0v) is 12.7. The van der Waals surface area contributed by atoms with Crippen LogP contribution in [0.15, 0.2) is 85.1 Å². The number of para-hydroxylation sites is 2. The Bertz CT molecular complexity index is 656. The van der Waals surface area contributed by atoms with E-state index in [0.29, 0.717) is 0 Å². The van der Waals surface area contributed by atoms with E-state index in [9.17, 15) is 4.79 Å². The molecule has 0 spiro atoms. The average Bonchev–Trinajstić information content (AvgIpc) is 2.56. The van der Waals surface area contributed by atoms with Gasteiger partial charge in [0.25, 0.3) is 5.91 Å². The minimum absolute atomic E-state index is 0. The maximum Gasteiger partial charge on any atom is 0.281 e. The van der Waals surface area contributed by atoms with Crippen molar-refractivity contribution >= 4 is 17.3 Å². The van der Waals surface area contributed by atoms with Crippen LogP contribution in [-0.4, -0.2) is 11.9 Å². The number of nitrogens with two attached hydrogens (primary N) is 1. The van der Waals surface area contributed by atoms with Gasteiger partial charge in [0, 0.05) is 0 Å². The first kappa shape index (κ1) is 16.0. The summed E-state index contributed by atoms with van der Waals surface area (Å²) in [5, 5.41) is 0. The summed E-state index contributed by atoms with van der Waals surface area (Å²) in [7, 11) is 0. The van der Waals surface area contributed by atoms with E-state index in [0.717, 1.165) is 11.4 Å². The summed E-state index contributed by atoms with van der Waals surface area (Å²) in [4.78, 5) is 12.0. The molecule has 2 N–H and O–H groups in total. The minimum Gasteiger partial charge on any atom is -1.00 e. The van der Waals surface area contributed by atoms with Gasteiger partial charge in [-0.2, -0.15) is 0 Å². The van der Waals surface area contributed by atoms with Crippen molar-refractivity contribution < 1.29 is 17.2 Å². The van der Waals surface area contributed by atoms with Crippen LogP contribution in [0.2, 0.25) is 0 Å². The third-order valence-electron chi connectivity index (χ3n) is 3.82. The molecule has 0 aliphatic carbocycles. The number of rotatable bonds is 3. The average molecular weight is 313 g/mol. The standard InChI is InChI=1S/C18H16N2O.ClH/c19-18(21)17-13-7-8-14-20(17,15-9-3-1-4-10-15)16-11-5-2-6-12-16;/h1-14,17H,(H-,19,21);1H. The van der Waals surface area contributed by atoms with Crippen LogP contribution >= 0.6 is 0 Å². The summed E-state index contributed by atoms with van der Waals surface area (Å²) in [5.74, 6) is -0.344. The molecular weight excluding hydrogens is 296 g/mol. The predicted molar refractivity (Wildman–Crippen MR) is 85.6 cm³/mol. The summed E-state index contributed by atoms with van der Waals surface area (Å²) in [6.07, 6.45) is 7.71. The molecule has 0 aromatic heterocycles. The van der Waals surface area contributed by atoms with Gasteiger partial charge in [-0.1, -0.05) is 42.5 Å². The van der Waals surface area contributed by atoms with E-state index in [1.165, 1.54) is 0 Å². The van der Waals surface area contributed by atoms with E-state index in [4.69, 9.17) is 5.73 Å². The van der Waals surface area contributed by atoms with Gasteiger partial charge in [0.15, 0.2) is 0 Å². The highest BCUT2D eigenvalue weighted by Crippen LogP contribution is 2.39. The number of hydrogen-bond donors (Lipinski definition) is 1. The van der Waals surface area contributed by atoms with Gasteiger partial charge in [-0.05, 0) is 36.4 Å². The number of halogens is 1. The van der Waals surface area contributed by atoms with Crippen molar-refractivity contribution in [1.82, 2.24) is 4.48 Å². The number of hydrogen-bond acceptors (Lipinski definition) is 1. The van der Waals surface area contributed by atoms with Crippen LogP contribution in [-0.2, 0) is 4.79 Å². The number of carbonyl (C=O) groups excluding carboxylic acids is 1. The summed E-state index contributed by atoms with van der Waals surface area (Å²) in [5.41, 5.74) is 7.69. The molecule has 0 saturated heterocycles.